The quantitative estimate of drug-likeness (QED) is 0.807. The van der Waals surface area contributed by atoms with Crippen molar-refractivity contribution in [2.75, 3.05) is 19.0 Å². The highest BCUT2D eigenvalue weighted by Gasteiger charge is 2.29. The molecule has 0 spiro atoms. The molecule has 2 N–H and O–H groups in total. The normalized spacial score (nSPS) is 19.7. The van der Waals surface area contributed by atoms with Gasteiger partial charge in [-0.1, -0.05) is 6.07 Å². The molecule has 29 heavy (non-hydrogen) atoms. The van der Waals surface area contributed by atoms with Crippen molar-refractivity contribution in [2.45, 2.75) is 31.2 Å². The van der Waals surface area contributed by atoms with Crippen molar-refractivity contribution in [3.05, 3.63) is 52.6 Å². The van der Waals surface area contributed by atoms with Gasteiger partial charge < -0.3 is 20.1 Å². The number of ether oxygens (including phenoxy) is 2. The van der Waals surface area contributed by atoms with Crippen LogP contribution in [-0.2, 0) is 22.4 Å². The highest BCUT2D eigenvalue weighted by Crippen LogP contribution is 2.34. The van der Waals surface area contributed by atoms with E-state index in [9.17, 15) is 9.59 Å². The Morgan fingerprint density at radius 2 is 2.28 bits per heavy atom. The molecule has 0 saturated carbocycles. The Morgan fingerprint density at radius 1 is 1.41 bits per heavy atom. The molecular formula is C21H20N4O4. The van der Waals surface area contributed by atoms with Crippen molar-refractivity contribution in [1.29, 1.82) is 5.26 Å². The molecule has 8 nitrogen and oxygen atoms in total. The Balaban J connectivity index is 1.47. The van der Waals surface area contributed by atoms with Gasteiger partial charge in [-0.3, -0.25) is 4.79 Å². The fourth-order valence-electron chi connectivity index (χ4n) is 3.85. The molecule has 4 rings (SSSR count). The number of alkyl carbamates (subject to hydrolysis) is 1. The lowest BCUT2D eigenvalue weighted by Crippen LogP contribution is -2.28. The first-order valence-electron chi connectivity index (χ1n) is 9.38. The Bertz CT molecular complexity index is 1010. The third-order valence-electron chi connectivity index (χ3n) is 5.25. The fourth-order valence-corrected chi connectivity index (χ4v) is 3.85. The van der Waals surface area contributed by atoms with Crippen molar-refractivity contribution < 1.29 is 19.1 Å². The lowest BCUT2D eigenvalue weighted by atomic mass is 9.99. The zero-order chi connectivity index (χ0) is 20.4. The number of amides is 2. The zero-order valence-electron chi connectivity index (χ0n) is 15.9. The molecule has 0 bridgehead atoms. The zero-order valence-corrected chi connectivity index (χ0v) is 15.9. The van der Waals surface area contributed by atoms with Crippen LogP contribution in [0.25, 0.3) is 0 Å². The van der Waals surface area contributed by atoms with Gasteiger partial charge in [0.25, 0.3) is 0 Å². The maximum atomic E-state index is 12.8. The first-order valence-corrected chi connectivity index (χ1v) is 9.38. The lowest BCUT2D eigenvalue weighted by Gasteiger charge is -2.15. The number of nitriles is 1. The number of rotatable bonds is 5. The van der Waals surface area contributed by atoms with Gasteiger partial charge in [-0.05, 0) is 48.2 Å². The molecule has 0 radical (unpaired) electrons. The minimum absolute atomic E-state index is 0.132. The largest absolute Gasteiger partial charge is 0.481 e. The van der Waals surface area contributed by atoms with Crippen LogP contribution in [0.5, 0.6) is 5.88 Å². The van der Waals surface area contributed by atoms with E-state index in [1.807, 2.05) is 18.2 Å². The van der Waals surface area contributed by atoms with Crippen molar-refractivity contribution in [1.82, 2.24) is 10.3 Å². The van der Waals surface area contributed by atoms with Gasteiger partial charge in [0.15, 0.2) is 0 Å². The number of hydrogen-bond donors (Lipinski definition) is 2. The van der Waals surface area contributed by atoms with Crippen molar-refractivity contribution in [3.63, 3.8) is 0 Å². The molecule has 2 heterocycles. The lowest BCUT2D eigenvalue weighted by molar-refractivity contribution is -0.117. The molecule has 8 heteroatoms. The second-order valence-corrected chi connectivity index (χ2v) is 7.11. The Hall–Kier alpha value is -3.60. The summed E-state index contributed by atoms with van der Waals surface area (Å²) >= 11 is 0. The van der Waals surface area contributed by atoms with E-state index in [1.54, 1.807) is 12.1 Å². The van der Waals surface area contributed by atoms with Gasteiger partial charge in [-0.25, -0.2) is 4.79 Å². The number of hydrogen-bond acceptors (Lipinski definition) is 6. The van der Waals surface area contributed by atoms with Crippen molar-refractivity contribution >= 4 is 17.8 Å². The van der Waals surface area contributed by atoms with E-state index in [4.69, 9.17) is 14.7 Å². The molecular weight excluding hydrogens is 372 g/mol. The summed E-state index contributed by atoms with van der Waals surface area (Å²) in [7, 11) is 1.52. The Morgan fingerprint density at radius 3 is 3.00 bits per heavy atom. The van der Waals surface area contributed by atoms with E-state index in [0.717, 1.165) is 23.1 Å². The van der Waals surface area contributed by atoms with E-state index >= 15 is 0 Å². The fraction of sp³-hybridized carbons (Fsp3) is 0.333. The summed E-state index contributed by atoms with van der Waals surface area (Å²) in [6, 6.07) is 11.0. The first kappa shape index (κ1) is 18.7. The third kappa shape index (κ3) is 3.85. The van der Waals surface area contributed by atoms with Crippen LogP contribution in [-0.4, -0.2) is 36.7 Å². The van der Waals surface area contributed by atoms with Gasteiger partial charge in [-0.2, -0.15) is 10.2 Å². The summed E-state index contributed by atoms with van der Waals surface area (Å²) in [5.41, 5.74) is 3.43. The van der Waals surface area contributed by atoms with Gasteiger partial charge in [0, 0.05) is 12.0 Å². The number of aromatic nitrogens is 1. The van der Waals surface area contributed by atoms with E-state index in [1.165, 1.54) is 7.11 Å². The third-order valence-corrected chi connectivity index (χ3v) is 5.25. The van der Waals surface area contributed by atoms with Crippen molar-refractivity contribution in [2.24, 2.45) is 0 Å². The summed E-state index contributed by atoms with van der Waals surface area (Å²) in [6.07, 6.45) is 1.57. The molecule has 1 aliphatic heterocycles. The monoisotopic (exact) mass is 392 g/mol. The van der Waals surface area contributed by atoms with Gasteiger partial charge in [0.05, 0.1) is 30.7 Å². The van der Waals surface area contributed by atoms with E-state index in [2.05, 4.69) is 21.7 Å². The molecule has 1 fully saturated rings. The van der Waals surface area contributed by atoms with Gasteiger partial charge in [0.2, 0.25) is 11.8 Å². The predicted molar refractivity (Wildman–Crippen MR) is 104 cm³/mol. The predicted octanol–water partition coefficient (Wildman–Crippen LogP) is 2.28. The number of carbonyl (C=O) groups excluding carboxylic acids is 2. The van der Waals surface area contributed by atoms with Crippen LogP contribution in [0.2, 0.25) is 0 Å². The number of carbonyl (C=O) groups is 2. The SMILES string of the molecule is COc1nc(NC(=O)C2CCc3cc(C#N)ccc32)ccc1C[C@H]1COC(=O)N1. The summed E-state index contributed by atoms with van der Waals surface area (Å²) in [6.45, 7) is 0.301. The van der Waals surface area contributed by atoms with E-state index in [-0.39, 0.29) is 17.9 Å². The number of fused-ring (bicyclic) bond motifs is 1. The second-order valence-electron chi connectivity index (χ2n) is 7.11. The molecule has 2 amide bonds. The number of cyclic esters (lactones) is 1. The van der Waals surface area contributed by atoms with Crippen LogP contribution in [0.4, 0.5) is 10.6 Å². The summed E-state index contributed by atoms with van der Waals surface area (Å²) < 4.78 is 10.3. The van der Waals surface area contributed by atoms with Crippen LogP contribution in [0.15, 0.2) is 30.3 Å². The standard InChI is InChI=1S/C21H20N4O4/c1-28-20-14(9-15-11-29-21(27)23-15)4-7-18(25-20)24-19(26)17-6-3-13-8-12(10-22)2-5-16(13)17/h2,4-5,7-8,15,17H,3,6,9,11H2,1H3,(H,23,27)(H,24,25,26)/t15-,17?/m0/s1. The molecule has 148 valence electrons. The highest BCUT2D eigenvalue weighted by atomic mass is 16.6. The number of benzene rings is 1. The second kappa shape index (κ2) is 7.80. The van der Waals surface area contributed by atoms with Gasteiger partial charge in [0.1, 0.15) is 12.4 Å². The highest BCUT2D eigenvalue weighted by molar-refractivity contribution is 5.96. The number of methoxy groups -OCH3 is 1. The number of anilines is 1. The molecule has 1 saturated heterocycles. The maximum Gasteiger partial charge on any atom is 0.407 e. The average Bonchev–Trinajstić information content (AvgIpc) is 3.34. The van der Waals surface area contributed by atoms with Crippen LogP contribution in [0, 0.1) is 11.3 Å². The summed E-state index contributed by atoms with van der Waals surface area (Å²) in [5, 5.41) is 14.6. The minimum atomic E-state index is -0.426. The molecule has 2 aliphatic rings. The average molecular weight is 392 g/mol. The van der Waals surface area contributed by atoms with Gasteiger partial charge in [-0.15, -0.1) is 0 Å². The van der Waals surface area contributed by atoms with Crippen LogP contribution in [0.1, 0.15) is 34.6 Å². The topological polar surface area (TPSA) is 113 Å². The molecule has 1 aromatic heterocycles. The molecule has 1 unspecified atom stereocenters. The van der Waals surface area contributed by atoms with E-state index < -0.39 is 6.09 Å². The number of nitrogens with one attached hydrogen (secondary N) is 2. The molecule has 2 atom stereocenters. The molecule has 1 aliphatic carbocycles. The minimum Gasteiger partial charge on any atom is -0.481 e. The number of nitrogens with zero attached hydrogens (tertiary/aromatic N) is 2. The number of aryl methyl sites for hydroxylation is 1. The van der Waals surface area contributed by atoms with Gasteiger partial charge >= 0.3 is 6.09 Å². The Kier molecular flexibility index (Phi) is 5.04. The van der Waals surface area contributed by atoms with Crippen molar-refractivity contribution in [3.8, 4) is 11.9 Å². The molecule has 1 aromatic carbocycles. The van der Waals surface area contributed by atoms with E-state index in [0.29, 0.717) is 36.7 Å². The summed E-state index contributed by atoms with van der Waals surface area (Å²) in [4.78, 5) is 28.4. The first-order chi connectivity index (χ1) is 14.1. The molecule has 2 aromatic rings. The van der Waals surface area contributed by atoms with Crippen LogP contribution < -0.4 is 15.4 Å². The smallest absolute Gasteiger partial charge is 0.407 e. The number of pyridine rings is 1. The Labute approximate surface area is 167 Å². The van der Waals surface area contributed by atoms with Crippen LogP contribution in [0.3, 0.4) is 0 Å². The maximum absolute atomic E-state index is 12.8. The summed E-state index contributed by atoms with van der Waals surface area (Å²) in [5.74, 6) is 0.405. The van der Waals surface area contributed by atoms with Crippen LogP contribution >= 0.6 is 0 Å².